The number of fused-ring (bicyclic) bond motifs is 1. The Morgan fingerprint density at radius 2 is 2.08 bits per heavy atom. The number of phenols is 1. The first-order valence-electron chi connectivity index (χ1n) is 3.59. The van der Waals surface area contributed by atoms with Crippen LogP contribution >= 0.6 is 0 Å². The average Bonchev–Trinajstić information content (AvgIpc) is 2.02. The smallest absolute Gasteiger partial charge is 0.339 e. The molecule has 66 valence electrons. The molecule has 0 saturated heterocycles. The second-order valence-electron chi connectivity index (χ2n) is 2.59. The van der Waals surface area contributed by atoms with Crippen molar-refractivity contribution in [2.45, 2.75) is 0 Å². The summed E-state index contributed by atoms with van der Waals surface area (Å²) in [6.07, 6.45) is 0. The molecule has 0 aliphatic heterocycles. The highest BCUT2D eigenvalue weighted by Crippen LogP contribution is 2.20. The third kappa shape index (κ3) is 1.26. The Balaban J connectivity index is 2.94. The van der Waals surface area contributed by atoms with E-state index in [0.29, 0.717) is 0 Å². The van der Waals surface area contributed by atoms with Crippen molar-refractivity contribution in [3.63, 3.8) is 0 Å². The van der Waals surface area contributed by atoms with Gasteiger partial charge in [0.05, 0.1) is 11.5 Å². The molecular weight excluding hydrogens is 175 g/mol. The number of rotatable bonds is 0. The molecule has 4 heteroatoms. The van der Waals surface area contributed by atoms with Crippen molar-refractivity contribution in [3.05, 3.63) is 40.5 Å². The number of phenolic OH excluding ortho intramolecular Hbond substituents is 1. The zero-order valence-corrected chi connectivity index (χ0v) is 6.45. The van der Waals surface area contributed by atoms with Crippen molar-refractivity contribution in [3.8, 4) is 5.75 Å². The number of halogens is 1. The molecule has 0 atom stereocenters. The average molecular weight is 180 g/mol. The first-order chi connectivity index (χ1) is 6.16. The van der Waals surface area contributed by atoms with Gasteiger partial charge < -0.3 is 9.52 Å². The van der Waals surface area contributed by atoms with Crippen molar-refractivity contribution < 1.29 is 13.9 Å². The predicted octanol–water partition coefficient (Wildman–Crippen LogP) is 1.64. The standard InChI is InChI=1S/C9H5FO3/c10-7-4-9(12)13-8-3-5(11)1-2-6(7)8/h1-4,11H. The Morgan fingerprint density at radius 3 is 2.85 bits per heavy atom. The fourth-order valence-electron chi connectivity index (χ4n) is 1.11. The molecule has 0 spiro atoms. The van der Waals surface area contributed by atoms with Crippen molar-refractivity contribution in [1.29, 1.82) is 0 Å². The molecule has 1 heterocycles. The van der Waals surface area contributed by atoms with E-state index < -0.39 is 11.4 Å². The fourth-order valence-corrected chi connectivity index (χ4v) is 1.11. The van der Waals surface area contributed by atoms with Crippen molar-refractivity contribution in [2.75, 3.05) is 0 Å². The van der Waals surface area contributed by atoms with Crippen molar-refractivity contribution >= 4 is 11.0 Å². The molecule has 0 aliphatic rings. The Kier molecular flexibility index (Phi) is 1.55. The van der Waals surface area contributed by atoms with E-state index >= 15 is 0 Å². The van der Waals surface area contributed by atoms with E-state index in [1.807, 2.05) is 0 Å². The minimum absolute atomic E-state index is 0.0463. The van der Waals surface area contributed by atoms with Crippen molar-refractivity contribution in [2.24, 2.45) is 0 Å². The van der Waals surface area contributed by atoms with E-state index in [1.54, 1.807) is 0 Å². The molecule has 13 heavy (non-hydrogen) atoms. The van der Waals surface area contributed by atoms with Crippen molar-refractivity contribution in [1.82, 2.24) is 0 Å². The molecule has 1 aromatic carbocycles. The van der Waals surface area contributed by atoms with Gasteiger partial charge in [-0.2, -0.15) is 0 Å². The van der Waals surface area contributed by atoms with Gasteiger partial charge in [0.1, 0.15) is 17.1 Å². The Labute approximate surface area is 72.0 Å². The van der Waals surface area contributed by atoms with Crippen LogP contribution in [0.25, 0.3) is 11.0 Å². The normalized spacial score (nSPS) is 10.5. The van der Waals surface area contributed by atoms with E-state index in [-0.39, 0.29) is 16.7 Å². The molecule has 0 unspecified atom stereocenters. The van der Waals surface area contributed by atoms with Crippen LogP contribution in [0.1, 0.15) is 0 Å². The Morgan fingerprint density at radius 1 is 1.31 bits per heavy atom. The van der Waals surface area contributed by atoms with Crippen LogP contribution in [-0.4, -0.2) is 5.11 Å². The highest BCUT2D eigenvalue weighted by molar-refractivity contribution is 5.78. The van der Waals surface area contributed by atoms with Crippen LogP contribution in [0.5, 0.6) is 5.75 Å². The van der Waals surface area contributed by atoms with Gasteiger partial charge in [0, 0.05) is 6.07 Å². The minimum atomic E-state index is -0.768. The monoisotopic (exact) mass is 180 g/mol. The summed E-state index contributed by atoms with van der Waals surface area (Å²) in [6, 6.07) is 4.63. The Bertz CT molecular complexity index is 516. The predicted molar refractivity (Wildman–Crippen MR) is 44.1 cm³/mol. The van der Waals surface area contributed by atoms with Gasteiger partial charge in [-0.05, 0) is 12.1 Å². The lowest BCUT2D eigenvalue weighted by Gasteiger charge is -1.97. The number of benzene rings is 1. The highest BCUT2D eigenvalue weighted by Gasteiger charge is 2.04. The molecule has 0 radical (unpaired) electrons. The van der Waals surface area contributed by atoms with E-state index in [0.717, 1.165) is 6.07 Å². The second-order valence-corrected chi connectivity index (χ2v) is 2.59. The summed E-state index contributed by atoms with van der Waals surface area (Å²) in [5.74, 6) is -0.715. The number of hydrogen-bond donors (Lipinski definition) is 1. The van der Waals surface area contributed by atoms with Gasteiger partial charge in [-0.25, -0.2) is 9.18 Å². The molecule has 2 rings (SSSR count). The summed E-state index contributed by atoms with van der Waals surface area (Å²) in [4.78, 5) is 10.7. The molecule has 1 aromatic heterocycles. The molecule has 0 bridgehead atoms. The van der Waals surface area contributed by atoms with Crippen LogP contribution in [0.2, 0.25) is 0 Å². The van der Waals surface area contributed by atoms with Crippen LogP contribution in [0, 0.1) is 5.82 Å². The van der Waals surface area contributed by atoms with Gasteiger partial charge in [0.2, 0.25) is 0 Å². The van der Waals surface area contributed by atoms with Gasteiger partial charge in [-0.15, -0.1) is 0 Å². The lowest BCUT2D eigenvalue weighted by molar-refractivity contribution is 0.472. The quantitative estimate of drug-likeness (QED) is 0.627. The van der Waals surface area contributed by atoms with Gasteiger partial charge in [-0.3, -0.25) is 0 Å². The van der Waals surface area contributed by atoms with Gasteiger partial charge in [-0.1, -0.05) is 0 Å². The van der Waals surface area contributed by atoms with Crippen LogP contribution < -0.4 is 5.63 Å². The fraction of sp³-hybridized carbons (Fsp3) is 0. The molecule has 1 N–H and O–H groups in total. The molecule has 0 amide bonds. The first kappa shape index (κ1) is 7.79. The van der Waals surface area contributed by atoms with Crippen LogP contribution in [0.3, 0.4) is 0 Å². The number of aromatic hydroxyl groups is 1. The molecule has 0 aliphatic carbocycles. The molecular formula is C9H5FO3. The van der Waals surface area contributed by atoms with E-state index in [4.69, 9.17) is 5.11 Å². The maximum atomic E-state index is 13.0. The topological polar surface area (TPSA) is 50.4 Å². The summed E-state index contributed by atoms with van der Waals surface area (Å²) < 4.78 is 17.7. The van der Waals surface area contributed by atoms with Gasteiger partial charge in [0.25, 0.3) is 0 Å². The maximum Gasteiger partial charge on any atom is 0.339 e. The summed E-state index contributed by atoms with van der Waals surface area (Å²) in [5, 5.41) is 9.21. The second kappa shape index (κ2) is 2.58. The summed E-state index contributed by atoms with van der Waals surface area (Å²) in [7, 11) is 0. The summed E-state index contributed by atoms with van der Waals surface area (Å²) in [5.41, 5.74) is -0.722. The highest BCUT2D eigenvalue weighted by atomic mass is 19.1. The van der Waals surface area contributed by atoms with Crippen LogP contribution in [0.15, 0.2) is 33.5 Å². The third-order valence-electron chi connectivity index (χ3n) is 1.68. The first-order valence-corrected chi connectivity index (χ1v) is 3.59. The molecule has 0 saturated carbocycles. The van der Waals surface area contributed by atoms with Gasteiger partial charge >= 0.3 is 5.63 Å². The minimum Gasteiger partial charge on any atom is -0.508 e. The zero-order chi connectivity index (χ0) is 9.42. The Hall–Kier alpha value is -1.84. The van der Waals surface area contributed by atoms with Gasteiger partial charge in [0.15, 0.2) is 0 Å². The lowest BCUT2D eigenvalue weighted by Crippen LogP contribution is -1.97. The molecule has 3 nitrogen and oxygen atoms in total. The molecule has 2 aromatic rings. The largest absolute Gasteiger partial charge is 0.508 e. The van der Waals surface area contributed by atoms with E-state index in [2.05, 4.69) is 4.42 Å². The van der Waals surface area contributed by atoms with E-state index in [1.165, 1.54) is 18.2 Å². The van der Waals surface area contributed by atoms with Crippen LogP contribution in [-0.2, 0) is 0 Å². The SMILES string of the molecule is O=c1cc(F)c2ccc(O)cc2o1. The third-order valence-corrected chi connectivity index (χ3v) is 1.68. The maximum absolute atomic E-state index is 13.0. The summed E-state index contributed by atoms with van der Waals surface area (Å²) >= 11 is 0. The molecule has 0 fully saturated rings. The zero-order valence-electron chi connectivity index (χ0n) is 6.45. The van der Waals surface area contributed by atoms with E-state index in [9.17, 15) is 9.18 Å². The summed E-state index contributed by atoms with van der Waals surface area (Å²) in [6.45, 7) is 0. The lowest BCUT2D eigenvalue weighted by atomic mass is 10.2. The number of hydrogen-bond acceptors (Lipinski definition) is 3. The van der Waals surface area contributed by atoms with Crippen LogP contribution in [0.4, 0.5) is 4.39 Å².